The van der Waals surface area contributed by atoms with Gasteiger partial charge in [-0.25, -0.2) is 0 Å². The molecule has 0 aliphatic carbocycles. The van der Waals surface area contributed by atoms with Crippen molar-refractivity contribution in [3.8, 4) is 0 Å². The Labute approximate surface area is 111 Å². The molecule has 0 saturated carbocycles. The minimum atomic E-state index is 0.0642. The lowest BCUT2D eigenvalue weighted by molar-refractivity contribution is 0.655. The molecule has 0 aromatic carbocycles. The summed E-state index contributed by atoms with van der Waals surface area (Å²) in [4.78, 5) is 14.2. The molecule has 0 atom stereocenters. The highest BCUT2D eigenvalue weighted by Gasteiger charge is 1.99. The van der Waals surface area contributed by atoms with Gasteiger partial charge in [-0.1, -0.05) is 6.92 Å². The molecular weight excluding hydrogens is 244 g/mol. The van der Waals surface area contributed by atoms with Crippen LogP contribution in [-0.2, 0) is 13.1 Å². The zero-order valence-corrected chi connectivity index (χ0v) is 11.6. The van der Waals surface area contributed by atoms with Crippen molar-refractivity contribution < 1.29 is 0 Å². The molecule has 2 aromatic heterocycles. The van der Waals surface area contributed by atoms with Crippen LogP contribution in [-0.4, -0.2) is 4.57 Å². The average Bonchev–Trinajstić information content (AvgIpc) is 2.76. The molecule has 96 valence electrons. The Hall–Kier alpha value is -1.55. The average molecular weight is 262 g/mol. The van der Waals surface area contributed by atoms with Gasteiger partial charge in [-0.3, -0.25) is 4.79 Å². The maximum absolute atomic E-state index is 11.6. The van der Waals surface area contributed by atoms with Gasteiger partial charge in [0.15, 0.2) is 0 Å². The van der Waals surface area contributed by atoms with Crippen LogP contribution in [0.2, 0.25) is 0 Å². The number of nitrogens with zero attached hydrogens (tertiary/aromatic N) is 1. The third kappa shape index (κ3) is 3.23. The van der Waals surface area contributed by atoms with E-state index in [0.717, 1.165) is 25.2 Å². The molecule has 0 aliphatic heterocycles. The van der Waals surface area contributed by atoms with Gasteiger partial charge in [0.1, 0.15) is 0 Å². The molecular formula is C14H18N2OS. The third-order valence-electron chi connectivity index (χ3n) is 2.71. The van der Waals surface area contributed by atoms with E-state index in [1.165, 1.54) is 9.75 Å². The maximum atomic E-state index is 11.6. The van der Waals surface area contributed by atoms with E-state index in [1.54, 1.807) is 22.0 Å². The fourth-order valence-corrected chi connectivity index (χ4v) is 2.65. The van der Waals surface area contributed by atoms with Crippen LogP contribution in [0.3, 0.4) is 0 Å². The van der Waals surface area contributed by atoms with Crippen LogP contribution < -0.4 is 10.9 Å². The van der Waals surface area contributed by atoms with Crippen LogP contribution >= 0.6 is 11.3 Å². The summed E-state index contributed by atoms with van der Waals surface area (Å²) in [6.45, 7) is 5.76. The van der Waals surface area contributed by atoms with Gasteiger partial charge < -0.3 is 9.88 Å². The molecule has 1 N–H and O–H groups in total. The van der Waals surface area contributed by atoms with Gasteiger partial charge >= 0.3 is 0 Å². The summed E-state index contributed by atoms with van der Waals surface area (Å²) in [6.07, 6.45) is 2.86. The Bertz CT molecular complexity index is 571. The minimum Gasteiger partial charge on any atom is -0.379 e. The van der Waals surface area contributed by atoms with Gasteiger partial charge in [-0.05, 0) is 31.5 Å². The van der Waals surface area contributed by atoms with Gasteiger partial charge in [0, 0.05) is 35.1 Å². The smallest absolute Gasteiger partial charge is 0.250 e. The number of pyridine rings is 1. The maximum Gasteiger partial charge on any atom is 0.250 e. The van der Waals surface area contributed by atoms with E-state index < -0.39 is 0 Å². The molecule has 0 fully saturated rings. The molecule has 2 heterocycles. The van der Waals surface area contributed by atoms with E-state index in [0.29, 0.717) is 0 Å². The summed E-state index contributed by atoms with van der Waals surface area (Å²) in [5, 5.41) is 3.35. The van der Waals surface area contributed by atoms with Crippen molar-refractivity contribution in [2.75, 3.05) is 5.32 Å². The number of anilines is 1. The van der Waals surface area contributed by atoms with E-state index in [9.17, 15) is 4.79 Å². The Morgan fingerprint density at radius 3 is 2.78 bits per heavy atom. The standard InChI is InChI=1S/C14H18N2OS/c1-3-8-16-10-12(5-7-14(16)17)15-9-13-6-4-11(2)18-13/h4-7,10,15H,3,8-9H2,1-2H3. The molecule has 2 aromatic rings. The lowest BCUT2D eigenvalue weighted by Crippen LogP contribution is -2.18. The van der Waals surface area contributed by atoms with Gasteiger partial charge in [0.2, 0.25) is 0 Å². The van der Waals surface area contributed by atoms with E-state index in [2.05, 4.69) is 31.3 Å². The first-order valence-corrected chi connectivity index (χ1v) is 7.00. The molecule has 0 bridgehead atoms. The van der Waals surface area contributed by atoms with Crippen molar-refractivity contribution in [3.63, 3.8) is 0 Å². The van der Waals surface area contributed by atoms with Crippen LogP contribution in [0.1, 0.15) is 23.1 Å². The van der Waals surface area contributed by atoms with Crippen LogP contribution in [0, 0.1) is 6.92 Å². The van der Waals surface area contributed by atoms with E-state index in [1.807, 2.05) is 12.3 Å². The second kappa shape index (κ2) is 5.87. The normalized spacial score (nSPS) is 10.6. The molecule has 0 spiro atoms. The molecule has 3 nitrogen and oxygen atoms in total. The van der Waals surface area contributed by atoms with Crippen LogP contribution in [0.5, 0.6) is 0 Å². The largest absolute Gasteiger partial charge is 0.379 e. The predicted molar refractivity (Wildman–Crippen MR) is 77.4 cm³/mol. The number of nitrogens with one attached hydrogen (secondary N) is 1. The topological polar surface area (TPSA) is 34.0 Å². The van der Waals surface area contributed by atoms with Gasteiger partial charge in [-0.15, -0.1) is 11.3 Å². The van der Waals surface area contributed by atoms with Gasteiger partial charge in [0.05, 0.1) is 5.69 Å². The first kappa shape index (κ1) is 12.9. The highest BCUT2D eigenvalue weighted by Crippen LogP contribution is 2.16. The molecule has 0 saturated heterocycles. The quantitative estimate of drug-likeness (QED) is 0.897. The molecule has 2 rings (SSSR count). The van der Waals surface area contributed by atoms with Gasteiger partial charge in [0.25, 0.3) is 5.56 Å². The summed E-state index contributed by atoms with van der Waals surface area (Å²) in [5.74, 6) is 0. The second-order valence-electron chi connectivity index (χ2n) is 4.32. The monoisotopic (exact) mass is 262 g/mol. The van der Waals surface area contributed by atoms with Crippen molar-refractivity contribution in [1.29, 1.82) is 0 Å². The van der Waals surface area contributed by atoms with Crippen molar-refractivity contribution >= 4 is 17.0 Å². The second-order valence-corrected chi connectivity index (χ2v) is 5.69. The summed E-state index contributed by atoms with van der Waals surface area (Å²) in [6, 6.07) is 7.72. The van der Waals surface area contributed by atoms with Crippen LogP contribution in [0.25, 0.3) is 0 Å². The van der Waals surface area contributed by atoms with Crippen LogP contribution in [0.4, 0.5) is 5.69 Å². The Kier molecular flexibility index (Phi) is 4.20. The first-order chi connectivity index (χ1) is 8.69. The number of hydrogen-bond donors (Lipinski definition) is 1. The Morgan fingerprint density at radius 1 is 1.28 bits per heavy atom. The van der Waals surface area contributed by atoms with E-state index in [-0.39, 0.29) is 5.56 Å². The molecule has 0 unspecified atom stereocenters. The lowest BCUT2D eigenvalue weighted by Gasteiger charge is -2.08. The molecule has 4 heteroatoms. The minimum absolute atomic E-state index is 0.0642. The van der Waals surface area contributed by atoms with E-state index >= 15 is 0 Å². The predicted octanol–water partition coefficient (Wildman–Crippen LogP) is 3.24. The summed E-state index contributed by atoms with van der Waals surface area (Å²) >= 11 is 1.79. The van der Waals surface area contributed by atoms with Crippen molar-refractivity contribution in [3.05, 3.63) is 50.6 Å². The number of hydrogen-bond acceptors (Lipinski definition) is 3. The highest BCUT2D eigenvalue weighted by molar-refractivity contribution is 7.11. The molecule has 0 amide bonds. The molecule has 0 radical (unpaired) electrons. The zero-order chi connectivity index (χ0) is 13.0. The Balaban J connectivity index is 2.05. The number of rotatable bonds is 5. The number of thiophene rings is 1. The van der Waals surface area contributed by atoms with Crippen LogP contribution in [0.15, 0.2) is 35.3 Å². The molecule has 18 heavy (non-hydrogen) atoms. The van der Waals surface area contributed by atoms with E-state index in [4.69, 9.17) is 0 Å². The fourth-order valence-electron chi connectivity index (χ4n) is 1.82. The Morgan fingerprint density at radius 2 is 2.11 bits per heavy atom. The number of aromatic nitrogens is 1. The summed E-state index contributed by atoms with van der Waals surface area (Å²) < 4.78 is 1.75. The summed E-state index contributed by atoms with van der Waals surface area (Å²) in [7, 11) is 0. The van der Waals surface area contributed by atoms with Crippen molar-refractivity contribution in [2.45, 2.75) is 33.4 Å². The molecule has 0 aliphatic rings. The third-order valence-corrected chi connectivity index (χ3v) is 3.71. The zero-order valence-electron chi connectivity index (χ0n) is 10.8. The highest BCUT2D eigenvalue weighted by atomic mass is 32.1. The van der Waals surface area contributed by atoms with Crippen molar-refractivity contribution in [1.82, 2.24) is 4.57 Å². The SMILES string of the molecule is CCCn1cc(NCc2ccc(C)s2)ccc1=O. The van der Waals surface area contributed by atoms with Gasteiger partial charge in [-0.2, -0.15) is 0 Å². The lowest BCUT2D eigenvalue weighted by atomic mass is 10.3. The van der Waals surface area contributed by atoms with Crippen molar-refractivity contribution in [2.24, 2.45) is 0 Å². The first-order valence-electron chi connectivity index (χ1n) is 6.18. The fraction of sp³-hybridized carbons (Fsp3) is 0.357. The summed E-state index contributed by atoms with van der Waals surface area (Å²) in [5.41, 5.74) is 1.06. The number of aryl methyl sites for hydroxylation is 2.